The van der Waals surface area contributed by atoms with Crippen molar-refractivity contribution in [3.05, 3.63) is 50.9 Å². The van der Waals surface area contributed by atoms with Crippen LogP contribution < -0.4 is 5.73 Å². The van der Waals surface area contributed by atoms with Gasteiger partial charge in [0.25, 0.3) is 0 Å². The van der Waals surface area contributed by atoms with E-state index in [0.717, 1.165) is 31.2 Å². The first kappa shape index (κ1) is 12.7. The van der Waals surface area contributed by atoms with Crippen molar-refractivity contribution in [2.24, 2.45) is 0 Å². The van der Waals surface area contributed by atoms with Crippen molar-refractivity contribution in [2.75, 3.05) is 5.73 Å². The van der Waals surface area contributed by atoms with Gasteiger partial charge in [0, 0.05) is 8.95 Å². The number of aryl methyl sites for hydroxylation is 1. The molecular weight excluding hydrogens is 370 g/mol. The molecule has 5 heteroatoms. The van der Waals surface area contributed by atoms with E-state index < -0.39 is 0 Å². The zero-order valence-electron chi connectivity index (χ0n) is 10.2. The van der Waals surface area contributed by atoms with Crippen molar-refractivity contribution < 1.29 is 0 Å². The van der Waals surface area contributed by atoms with E-state index in [2.05, 4.69) is 49.8 Å². The van der Waals surface area contributed by atoms with E-state index in [1.165, 1.54) is 0 Å². The molecule has 0 fully saturated rings. The van der Waals surface area contributed by atoms with Crippen molar-refractivity contribution in [1.29, 1.82) is 0 Å². The van der Waals surface area contributed by atoms with Gasteiger partial charge < -0.3 is 5.73 Å². The van der Waals surface area contributed by atoms with Gasteiger partial charge in [-0.1, -0.05) is 31.9 Å². The number of hydrogen-bond acceptors (Lipinski definition) is 2. The molecule has 96 valence electrons. The maximum Gasteiger partial charge on any atom is 0.205 e. The standard InChI is InChI=1S/C14H11Br2N3/c1-8-6-9(15)2-4-12(8)19-13-5-3-10(16)7-11(13)18-14(19)17/h2-7H,1H3,(H2,17,18). The van der Waals surface area contributed by atoms with Crippen LogP contribution in [-0.2, 0) is 0 Å². The summed E-state index contributed by atoms with van der Waals surface area (Å²) in [6, 6.07) is 12.1. The van der Waals surface area contributed by atoms with Gasteiger partial charge in [0.05, 0.1) is 16.7 Å². The average molecular weight is 381 g/mol. The smallest absolute Gasteiger partial charge is 0.205 e. The molecule has 0 bridgehead atoms. The Morgan fingerprint density at radius 2 is 1.74 bits per heavy atom. The molecule has 1 aromatic heterocycles. The van der Waals surface area contributed by atoms with Crippen LogP contribution in [0.4, 0.5) is 5.95 Å². The Morgan fingerprint density at radius 3 is 2.47 bits per heavy atom. The fourth-order valence-corrected chi connectivity index (χ4v) is 3.02. The van der Waals surface area contributed by atoms with Crippen LogP contribution in [0.25, 0.3) is 16.7 Å². The second-order valence-electron chi connectivity index (χ2n) is 4.37. The van der Waals surface area contributed by atoms with Crippen LogP contribution in [0.5, 0.6) is 0 Å². The molecule has 1 heterocycles. The molecule has 2 aromatic carbocycles. The molecule has 3 rings (SSSR count). The van der Waals surface area contributed by atoms with Crippen LogP contribution in [0, 0.1) is 6.92 Å². The molecule has 19 heavy (non-hydrogen) atoms. The number of fused-ring (bicyclic) bond motifs is 1. The lowest BCUT2D eigenvalue weighted by molar-refractivity contribution is 1.09. The van der Waals surface area contributed by atoms with Crippen LogP contribution in [0.2, 0.25) is 0 Å². The van der Waals surface area contributed by atoms with Gasteiger partial charge in [-0.3, -0.25) is 4.57 Å². The number of anilines is 1. The number of nitrogens with two attached hydrogens (primary N) is 1. The number of nitrogen functional groups attached to an aromatic ring is 1. The summed E-state index contributed by atoms with van der Waals surface area (Å²) in [5.74, 6) is 0.499. The van der Waals surface area contributed by atoms with Crippen molar-refractivity contribution >= 4 is 48.8 Å². The molecule has 0 unspecified atom stereocenters. The first-order valence-electron chi connectivity index (χ1n) is 5.76. The molecule has 0 spiro atoms. The van der Waals surface area contributed by atoms with Crippen LogP contribution in [0.15, 0.2) is 45.3 Å². The third-order valence-corrected chi connectivity index (χ3v) is 4.03. The highest BCUT2D eigenvalue weighted by molar-refractivity contribution is 9.10. The van der Waals surface area contributed by atoms with Gasteiger partial charge in [-0.05, 0) is 48.9 Å². The summed E-state index contributed by atoms with van der Waals surface area (Å²) in [6.07, 6.45) is 0. The monoisotopic (exact) mass is 379 g/mol. The van der Waals surface area contributed by atoms with E-state index in [0.29, 0.717) is 5.95 Å². The summed E-state index contributed by atoms with van der Waals surface area (Å²) in [7, 11) is 0. The lowest BCUT2D eigenvalue weighted by atomic mass is 10.2. The van der Waals surface area contributed by atoms with Crippen molar-refractivity contribution in [3.63, 3.8) is 0 Å². The molecular formula is C14H11Br2N3. The number of nitrogens with zero attached hydrogens (tertiary/aromatic N) is 2. The van der Waals surface area contributed by atoms with Gasteiger partial charge >= 0.3 is 0 Å². The number of hydrogen-bond donors (Lipinski definition) is 1. The molecule has 0 aliphatic carbocycles. The summed E-state index contributed by atoms with van der Waals surface area (Å²) < 4.78 is 4.03. The van der Waals surface area contributed by atoms with Gasteiger partial charge in [-0.2, -0.15) is 0 Å². The Bertz CT molecular complexity index is 778. The second-order valence-corrected chi connectivity index (χ2v) is 6.20. The van der Waals surface area contributed by atoms with E-state index >= 15 is 0 Å². The molecule has 0 aliphatic rings. The zero-order valence-corrected chi connectivity index (χ0v) is 13.4. The first-order valence-corrected chi connectivity index (χ1v) is 7.35. The number of aromatic nitrogens is 2. The maximum absolute atomic E-state index is 6.07. The van der Waals surface area contributed by atoms with Crippen molar-refractivity contribution in [3.8, 4) is 5.69 Å². The molecule has 0 amide bonds. The lowest BCUT2D eigenvalue weighted by Gasteiger charge is -2.10. The largest absolute Gasteiger partial charge is 0.369 e. The van der Waals surface area contributed by atoms with Gasteiger partial charge in [0.1, 0.15) is 0 Å². The van der Waals surface area contributed by atoms with Crippen molar-refractivity contribution in [1.82, 2.24) is 9.55 Å². The van der Waals surface area contributed by atoms with Crippen LogP contribution in [0.1, 0.15) is 5.56 Å². The third-order valence-electron chi connectivity index (χ3n) is 3.04. The fourth-order valence-electron chi connectivity index (χ4n) is 2.19. The molecule has 0 saturated carbocycles. The lowest BCUT2D eigenvalue weighted by Crippen LogP contribution is -2.02. The molecule has 3 nitrogen and oxygen atoms in total. The second kappa shape index (κ2) is 4.65. The summed E-state index contributed by atoms with van der Waals surface area (Å²) in [4.78, 5) is 4.41. The molecule has 0 saturated heterocycles. The third kappa shape index (κ3) is 2.17. The molecule has 3 aromatic rings. The SMILES string of the molecule is Cc1cc(Br)ccc1-n1c(N)nc2cc(Br)ccc21. The number of imidazole rings is 1. The summed E-state index contributed by atoms with van der Waals surface area (Å²) in [6.45, 7) is 2.06. The highest BCUT2D eigenvalue weighted by Gasteiger charge is 2.12. The number of halogens is 2. The number of rotatable bonds is 1. The van der Waals surface area contributed by atoms with E-state index in [-0.39, 0.29) is 0 Å². The summed E-state index contributed by atoms with van der Waals surface area (Å²) >= 11 is 6.93. The Balaban J connectivity index is 2.33. The fraction of sp³-hybridized carbons (Fsp3) is 0.0714. The predicted molar refractivity (Wildman–Crippen MR) is 85.6 cm³/mol. The highest BCUT2D eigenvalue weighted by Crippen LogP contribution is 2.28. The Labute approximate surface area is 127 Å². The van der Waals surface area contributed by atoms with Crippen LogP contribution in [0.3, 0.4) is 0 Å². The van der Waals surface area contributed by atoms with Gasteiger partial charge in [-0.15, -0.1) is 0 Å². The van der Waals surface area contributed by atoms with E-state index in [9.17, 15) is 0 Å². The van der Waals surface area contributed by atoms with Gasteiger partial charge in [0.15, 0.2) is 0 Å². The predicted octanol–water partition coefficient (Wildman–Crippen LogP) is 4.44. The normalized spacial score (nSPS) is 11.1. The van der Waals surface area contributed by atoms with Crippen LogP contribution >= 0.6 is 31.9 Å². The van der Waals surface area contributed by atoms with Crippen molar-refractivity contribution in [2.45, 2.75) is 6.92 Å². The van der Waals surface area contributed by atoms with Gasteiger partial charge in [-0.25, -0.2) is 4.98 Å². The molecule has 0 aliphatic heterocycles. The summed E-state index contributed by atoms with van der Waals surface area (Å²) in [5, 5.41) is 0. The average Bonchev–Trinajstić information content (AvgIpc) is 2.65. The molecule has 2 N–H and O–H groups in total. The van der Waals surface area contributed by atoms with Gasteiger partial charge in [0.2, 0.25) is 5.95 Å². The molecule has 0 atom stereocenters. The zero-order chi connectivity index (χ0) is 13.6. The highest BCUT2D eigenvalue weighted by atomic mass is 79.9. The molecule has 0 radical (unpaired) electrons. The Hall–Kier alpha value is -1.33. The maximum atomic E-state index is 6.07. The minimum atomic E-state index is 0.499. The summed E-state index contributed by atoms with van der Waals surface area (Å²) in [5.41, 5.74) is 10.1. The first-order chi connectivity index (χ1) is 9.06. The minimum Gasteiger partial charge on any atom is -0.369 e. The number of benzene rings is 2. The topological polar surface area (TPSA) is 43.8 Å². The Kier molecular flexibility index (Phi) is 3.11. The minimum absolute atomic E-state index is 0.499. The van der Waals surface area contributed by atoms with Crippen LogP contribution in [-0.4, -0.2) is 9.55 Å². The Morgan fingerprint density at radius 1 is 1.05 bits per heavy atom. The van der Waals surface area contributed by atoms with E-state index in [4.69, 9.17) is 5.73 Å². The van der Waals surface area contributed by atoms with E-state index in [1.54, 1.807) is 0 Å². The quantitative estimate of drug-likeness (QED) is 0.678. The van der Waals surface area contributed by atoms with E-state index in [1.807, 2.05) is 34.9 Å².